The Labute approximate surface area is 146 Å². The second kappa shape index (κ2) is 7.98. The molecular weight excluding hydrogens is 322 g/mol. The Hall–Kier alpha value is -2.60. The van der Waals surface area contributed by atoms with Crippen molar-refractivity contribution in [1.29, 1.82) is 0 Å². The lowest BCUT2D eigenvalue weighted by molar-refractivity contribution is 0.0472. The summed E-state index contributed by atoms with van der Waals surface area (Å²) in [4.78, 5) is 24.0. The van der Waals surface area contributed by atoms with Gasteiger partial charge in [-0.25, -0.2) is 4.79 Å². The van der Waals surface area contributed by atoms with Crippen molar-refractivity contribution >= 4 is 11.8 Å². The summed E-state index contributed by atoms with van der Waals surface area (Å²) in [5.41, 5.74) is 0.884. The van der Waals surface area contributed by atoms with E-state index in [1.165, 1.54) is 0 Å². The van der Waals surface area contributed by atoms with E-state index in [0.29, 0.717) is 23.6 Å². The minimum absolute atomic E-state index is 0.146. The number of hydrogen-bond acceptors (Lipinski definition) is 5. The van der Waals surface area contributed by atoms with Crippen LogP contribution in [0.4, 0.5) is 0 Å². The molecule has 6 nitrogen and oxygen atoms in total. The maximum absolute atomic E-state index is 12.0. The fourth-order valence-electron chi connectivity index (χ4n) is 2.69. The highest BCUT2D eigenvalue weighted by atomic mass is 16.5. The molecule has 1 aliphatic heterocycles. The third kappa shape index (κ3) is 4.48. The Morgan fingerprint density at radius 2 is 2.04 bits per heavy atom. The van der Waals surface area contributed by atoms with Crippen molar-refractivity contribution in [3.63, 3.8) is 0 Å². The molecule has 0 spiro atoms. The molecule has 6 heteroatoms. The highest BCUT2D eigenvalue weighted by molar-refractivity contribution is 5.98. The van der Waals surface area contributed by atoms with Gasteiger partial charge in [-0.1, -0.05) is 0 Å². The molecule has 0 amide bonds. The summed E-state index contributed by atoms with van der Waals surface area (Å²) >= 11 is 0. The zero-order valence-electron chi connectivity index (χ0n) is 14.1. The van der Waals surface area contributed by atoms with E-state index in [4.69, 9.17) is 14.2 Å². The highest BCUT2D eigenvalue weighted by Crippen LogP contribution is 2.17. The van der Waals surface area contributed by atoms with Crippen molar-refractivity contribution in [2.75, 3.05) is 19.8 Å². The minimum Gasteiger partial charge on any atom is -0.491 e. The first kappa shape index (κ1) is 17.2. The summed E-state index contributed by atoms with van der Waals surface area (Å²) in [7, 11) is 1.77. The molecule has 0 bridgehead atoms. The van der Waals surface area contributed by atoms with E-state index in [0.717, 1.165) is 19.4 Å². The number of carbonyl (C=O) groups excluding carboxylic acids is 2. The standard InChI is InChI=1S/C19H21NO5/c1-20-10-2-5-17(20)18(21)13-25-19(22)14-6-8-15(9-7-14)24-12-16-4-3-11-23-16/h2,5-10,16H,3-4,11-13H2,1H3/t16-/m1/s1. The smallest absolute Gasteiger partial charge is 0.338 e. The van der Waals surface area contributed by atoms with Crippen molar-refractivity contribution in [2.45, 2.75) is 18.9 Å². The van der Waals surface area contributed by atoms with Gasteiger partial charge in [-0.05, 0) is 49.2 Å². The van der Waals surface area contributed by atoms with Gasteiger partial charge in [0, 0.05) is 19.9 Å². The topological polar surface area (TPSA) is 66.8 Å². The van der Waals surface area contributed by atoms with Crippen LogP contribution in [0.25, 0.3) is 0 Å². The second-order valence-corrected chi connectivity index (χ2v) is 5.97. The molecule has 3 rings (SSSR count). The molecule has 0 radical (unpaired) electrons. The van der Waals surface area contributed by atoms with Gasteiger partial charge in [-0.2, -0.15) is 0 Å². The average Bonchev–Trinajstić information content (AvgIpc) is 3.29. The number of ether oxygens (including phenoxy) is 3. The first-order valence-corrected chi connectivity index (χ1v) is 8.29. The van der Waals surface area contributed by atoms with Gasteiger partial charge in [0.15, 0.2) is 6.61 Å². The van der Waals surface area contributed by atoms with Crippen LogP contribution in [0.3, 0.4) is 0 Å². The number of esters is 1. The van der Waals surface area contributed by atoms with Crippen LogP contribution in [0.15, 0.2) is 42.6 Å². The van der Waals surface area contributed by atoms with E-state index in [1.54, 1.807) is 54.2 Å². The zero-order valence-corrected chi connectivity index (χ0v) is 14.1. The van der Waals surface area contributed by atoms with Gasteiger partial charge in [-0.15, -0.1) is 0 Å². The van der Waals surface area contributed by atoms with Crippen LogP contribution < -0.4 is 4.74 Å². The molecule has 132 valence electrons. The van der Waals surface area contributed by atoms with Crippen molar-refractivity contribution in [1.82, 2.24) is 4.57 Å². The summed E-state index contributed by atoms with van der Waals surface area (Å²) in [6.45, 7) is 1.02. The molecular formula is C19H21NO5. The lowest BCUT2D eigenvalue weighted by Gasteiger charge is -2.11. The van der Waals surface area contributed by atoms with Gasteiger partial charge in [0.1, 0.15) is 12.4 Å². The second-order valence-electron chi connectivity index (χ2n) is 5.97. The molecule has 0 saturated carbocycles. The van der Waals surface area contributed by atoms with E-state index in [9.17, 15) is 9.59 Å². The van der Waals surface area contributed by atoms with Crippen LogP contribution >= 0.6 is 0 Å². The van der Waals surface area contributed by atoms with E-state index in [1.807, 2.05) is 0 Å². The van der Waals surface area contributed by atoms with Crippen LogP contribution in [0, 0.1) is 0 Å². The fourth-order valence-corrected chi connectivity index (χ4v) is 2.69. The molecule has 0 N–H and O–H groups in total. The van der Waals surface area contributed by atoms with Crippen molar-refractivity contribution < 1.29 is 23.8 Å². The molecule has 1 aromatic carbocycles. The van der Waals surface area contributed by atoms with Gasteiger partial charge < -0.3 is 18.8 Å². The Bertz CT molecular complexity index is 729. The molecule has 1 fully saturated rings. The Balaban J connectivity index is 1.48. The number of ketones is 1. The number of rotatable bonds is 7. The molecule has 2 heterocycles. The third-order valence-corrected chi connectivity index (χ3v) is 4.11. The first-order chi connectivity index (χ1) is 12.1. The van der Waals surface area contributed by atoms with Crippen molar-refractivity contribution in [2.24, 2.45) is 7.05 Å². The van der Waals surface area contributed by atoms with E-state index in [-0.39, 0.29) is 18.5 Å². The zero-order chi connectivity index (χ0) is 17.6. The highest BCUT2D eigenvalue weighted by Gasteiger charge is 2.16. The van der Waals surface area contributed by atoms with E-state index >= 15 is 0 Å². The number of Topliss-reactive ketones (excluding diaryl/α,β-unsaturated/α-hetero) is 1. The number of hydrogen-bond donors (Lipinski definition) is 0. The van der Waals surface area contributed by atoms with Gasteiger partial charge in [-0.3, -0.25) is 4.79 Å². The Morgan fingerprint density at radius 3 is 2.68 bits per heavy atom. The molecule has 25 heavy (non-hydrogen) atoms. The third-order valence-electron chi connectivity index (χ3n) is 4.11. The first-order valence-electron chi connectivity index (χ1n) is 8.29. The molecule has 1 saturated heterocycles. The quantitative estimate of drug-likeness (QED) is 0.571. The summed E-state index contributed by atoms with van der Waals surface area (Å²) in [5, 5.41) is 0. The van der Waals surface area contributed by atoms with Gasteiger partial charge in [0.25, 0.3) is 0 Å². The van der Waals surface area contributed by atoms with Gasteiger partial charge in [0.2, 0.25) is 5.78 Å². The number of benzene rings is 1. The molecule has 1 aliphatic rings. The molecule has 1 atom stereocenters. The number of nitrogens with zero attached hydrogens (tertiary/aromatic N) is 1. The van der Waals surface area contributed by atoms with Crippen molar-refractivity contribution in [3.8, 4) is 5.75 Å². The van der Waals surface area contributed by atoms with Crippen LogP contribution in [0.2, 0.25) is 0 Å². The van der Waals surface area contributed by atoms with Crippen LogP contribution in [0.1, 0.15) is 33.7 Å². The summed E-state index contributed by atoms with van der Waals surface area (Å²) in [6.07, 6.45) is 4.00. The lowest BCUT2D eigenvalue weighted by atomic mass is 10.2. The predicted octanol–water partition coefficient (Wildman–Crippen LogP) is 2.62. The molecule has 0 unspecified atom stereocenters. The monoisotopic (exact) mass is 343 g/mol. The Morgan fingerprint density at radius 1 is 1.24 bits per heavy atom. The van der Waals surface area contributed by atoms with Crippen molar-refractivity contribution in [3.05, 3.63) is 53.9 Å². The van der Waals surface area contributed by atoms with Crippen LogP contribution in [0.5, 0.6) is 5.75 Å². The SMILES string of the molecule is Cn1cccc1C(=O)COC(=O)c1ccc(OC[C@H]2CCCO2)cc1. The molecule has 0 aliphatic carbocycles. The summed E-state index contributed by atoms with van der Waals surface area (Å²) in [6, 6.07) is 10.1. The van der Waals surface area contributed by atoms with E-state index < -0.39 is 5.97 Å². The minimum atomic E-state index is -0.534. The maximum Gasteiger partial charge on any atom is 0.338 e. The Kier molecular flexibility index (Phi) is 5.50. The average molecular weight is 343 g/mol. The number of aryl methyl sites for hydroxylation is 1. The van der Waals surface area contributed by atoms with Crippen LogP contribution in [-0.4, -0.2) is 42.2 Å². The predicted molar refractivity (Wildman–Crippen MR) is 90.9 cm³/mol. The number of aromatic nitrogens is 1. The fraction of sp³-hybridized carbons (Fsp3) is 0.368. The number of carbonyl (C=O) groups is 2. The molecule has 2 aromatic rings. The summed E-state index contributed by atoms with van der Waals surface area (Å²) in [5.74, 6) is -0.0995. The molecule has 1 aromatic heterocycles. The summed E-state index contributed by atoms with van der Waals surface area (Å²) < 4.78 is 17.9. The lowest BCUT2D eigenvalue weighted by Crippen LogP contribution is -2.17. The van der Waals surface area contributed by atoms with Gasteiger partial charge >= 0.3 is 5.97 Å². The van der Waals surface area contributed by atoms with Gasteiger partial charge in [0.05, 0.1) is 17.4 Å². The maximum atomic E-state index is 12.0. The largest absolute Gasteiger partial charge is 0.491 e. The normalized spacial score (nSPS) is 16.6. The van der Waals surface area contributed by atoms with Crippen LogP contribution in [-0.2, 0) is 16.5 Å². The van der Waals surface area contributed by atoms with E-state index in [2.05, 4.69) is 0 Å².